The molecule has 5 heteroatoms. The molecule has 3 nitrogen and oxygen atoms in total. The topological polar surface area (TPSA) is 33.3 Å². The quantitative estimate of drug-likeness (QED) is 0.575. The van der Waals surface area contributed by atoms with Crippen molar-refractivity contribution in [3.05, 3.63) is 54.6 Å². The summed E-state index contributed by atoms with van der Waals surface area (Å²) in [6.07, 6.45) is 3.21. The molecule has 0 unspecified atom stereocenters. The van der Waals surface area contributed by atoms with Gasteiger partial charge in [0.2, 0.25) is 0 Å². The first kappa shape index (κ1) is 16.6. The van der Waals surface area contributed by atoms with Crippen molar-refractivity contribution in [3.8, 4) is 11.5 Å². The lowest BCUT2D eigenvalue weighted by Crippen LogP contribution is -2.29. The van der Waals surface area contributed by atoms with E-state index in [1.807, 2.05) is 66.4 Å². The van der Waals surface area contributed by atoms with Crippen LogP contribution in [0.5, 0.6) is 11.5 Å². The van der Waals surface area contributed by atoms with E-state index in [-0.39, 0.29) is 0 Å². The van der Waals surface area contributed by atoms with Gasteiger partial charge >= 0.3 is 0 Å². The maximum atomic E-state index is 5.75. The fraction of sp³-hybridized carbons (Fsp3) is 0.235. The van der Waals surface area contributed by atoms with Crippen molar-refractivity contribution in [1.29, 1.82) is 0 Å². The Labute approximate surface area is 141 Å². The van der Waals surface area contributed by atoms with E-state index in [0.717, 1.165) is 35.9 Å². The molecule has 116 valence electrons. The van der Waals surface area contributed by atoms with Crippen molar-refractivity contribution in [1.82, 2.24) is 5.32 Å². The summed E-state index contributed by atoms with van der Waals surface area (Å²) in [5.74, 6) is 2.77. The molecule has 0 aliphatic rings. The summed E-state index contributed by atoms with van der Waals surface area (Å²) >= 11 is 7.11. The molecular weight excluding hydrogens is 312 g/mol. The molecule has 0 radical (unpaired) electrons. The van der Waals surface area contributed by atoms with E-state index >= 15 is 0 Å². The van der Waals surface area contributed by atoms with Gasteiger partial charge in [-0.05, 0) is 67.0 Å². The monoisotopic (exact) mass is 332 g/mol. The van der Waals surface area contributed by atoms with Crippen LogP contribution in [-0.4, -0.2) is 23.7 Å². The molecule has 0 amide bonds. The number of rotatable bonds is 7. The van der Waals surface area contributed by atoms with Gasteiger partial charge in [0.15, 0.2) is 5.11 Å². The van der Waals surface area contributed by atoms with Gasteiger partial charge in [-0.2, -0.15) is 11.8 Å². The summed E-state index contributed by atoms with van der Waals surface area (Å²) in [5.41, 5.74) is 0.947. The summed E-state index contributed by atoms with van der Waals surface area (Å²) in [4.78, 5) is 0. The van der Waals surface area contributed by atoms with Crippen molar-refractivity contribution in [2.75, 3.05) is 23.9 Å². The number of hydrogen-bond acceptors (Lipinski definition) is 3. The lowest BCUT2D eigenvalue weighted by molar-refractivity contribution is 0.483. The Kier molecular flexibility index (Phi) is 7.06. The summed E-state index contributed by atoms with van der Waals surface area (Å²) in [7, 11) is 0. The predicted octanol–water partition coefficient (Wildman–Crippen LogP) is 4.52. The second kappa shape index (κ2) is 9.33. The van der Waals surface area contributed by atoms with Gasteiger partial charge in [0.25, 0.3) is 0 Å². The molecule has 2 aromatic rings. The third-order valence-corrected chi connectivity index (χ3v) is 3.85. The van der Waals surface area contributed by atoms with Gasteiger partial charge in [-0.1, -0.05) is 18.2 Å². The zero-order valence-corrected chi connectivity index (χ0v) is 14.2. The molecule has 0 saturated carbocycles. The Morgan fingerprint density at radius 1 is 1.05 bits per heavy atom. The Balaban J connectivity index is 1.80. The van der Waals surface area contributed by atoms with Crippen molar-refractivity contribution in [2.24, 2.45) is 0 Å². The highest BCUT2D eigenvalue weighted by atomic mass is 32.2. The number of thiocarbonyl (C=S) groups is 1. The molecule has 2 aromatic carbocycles. The highest BCUT2D eigenvalue weighted by Gasteiger charge is 1.99. The molecular formula is C17H20N2OS2. The van der Waals surface area contributed by atoms with E-state index in [2.05, 4.69) is 16.9 Å². The maximum Gasteiger partial charge on any atom is 0.170 e. The second-order valence-corrected chi connectivity index (χ2v) is 6.06. The molecule has 0 aliphatic carbocycles. The molecule has 2 rings (SSSR count). The minimum atomic E-state index is 0.651. The van der Waals surface area contributed by atoms with E-state index < -0.39 is 0 Å². The third kappa shape index (κ3) is 5.95. The van der Waals surface area contributed by atoms with Gasteiger partial charge in [0.1, 0.15) is 11.5 Å². The van der Waals surface area contributed by atoms with Crippen LogP contribution < -0.4 is 15.4 Å². The fourth-order valence-corrected chi connectivity index (χ4v) is 2.48. The van der Waals surface area contributed by atoms with Crippen LogP contribution >= 0.6 is 24.0 Å². The minimum Gasteiger partial charge on any atom is -0.457 e. The first-order chi connectivity index (χ1) is 10.8. The van der Waals surface area contributed by atoms with Crippen molar-refractivity contribution in [2.45, 2.75) is 6.42 Å². The van der Waals surface area contributed by atoms with Crippen LogP contribution in [0.3, 0.4) is 0 Å². The number of thioether (sulfide) groups is 1. The number of anilines is 1. The fourth-order valence-electron chi connectivity index (χ4n) is 1.82. The van der Waals surface area contributed by atoms with Gasteiger partial charge in [-0.3, -0.25) is 0 Å². The molecule has 0 fully saturated rings. The standard InChI is InChI=1S/C17H20N2OS2/c1-22-13-5-12-18-17(21)19-14-8-10-16(11-9-14)20-15-6-3-2-4-7-15/h2-4,6-11H,5,12-13H2,1H3,(H2,18,19,21). The van der Waals surface area contributed by atoms with Gasteiger partial charge in [0, 0.05) is 12.2 Å². The van der Waals surface area contributed by atoms with Crippen LogP contribution in [0.25, 0.3) is 0 Å². The first-order valence-corrected chi connectivity index (χ1v) is 8.95. The molecule has 0 aliphatic heterocycles. The zero-order chi connectivity index (χ0) is 15.6. The van der Waals surface area contributed by atoms with E-state index in [1.165, 1.54) is 0 Å². The summed E-state index contributed by atoms with van der Waals surface area (Å²) < 4.78 is 5.75. The molecule has 22 heavy (non-hydrogen) atoms. The summed E-state index contributed by atoms with van der Waals surface area (Å²) in [6.45, 7) is 0.891. The molecule has 0 saturated heterocycles. The predicted molar refractivity (Wildman–Crippen MR) is 100 cm³/mol. The van der Waals surface area contributed by atoms with Gasteiger partial charge in [-0.25, -0.2) is 0 Å². The van der Waals surface area contributed by atoms with Gasteiger partial charge in [-0.15, -0.1) is 0 Å². The second-order valence-electron chi connectivity index (χ2n) is 4.67. The Bertz CT molecular complexity index is 573. The zero-order valence-electron chi connectivity index (χ0n) is 12.5. The van der Waals surface area contributed by atoms with E-state index in [9.17, 15) is 0 Å². The Morgan fingerprint density at radius 2 is 1.73 bits per heavy atom. The SMILES string of the molecule is CSCCCNC(=S)Nc1ccc(Oc2ccccc2)cc1. The molecule has 0 bridgehead atoms. The van der Waals surface area contributed by atoms with Crippen LogP contribution in [0.15, 0.2) is 54.6 Å². The summed E-state index contributed by atoms with van der Waals surface area (Å²) in [5, 5.41) is 7.01. The van der Waals surface area contributed by atoms with Crippen LogP contribution in [0.2, 0.25) is 0 Å². The van der Waals surface area contributed by atoms with Gasteiger partial charge in [0.05, 0.1) is 0 Å². The third-order valence-electron chi connectivity index (χ3n) is 2.90. The average Bonchev–Trinajstić information content (AvgIpc) is 2.54. The van der Waals surface area contributed by atoms with Crippen LogP contribution in [0, 0.1) is 0 Å². The molecule has 0 aromatic heterocycles. The number of ether oxygens (including phenoxy) is 1. The van der Waals surface area contributed by atoms with Crippen molar-refractivity contribution < 1.29 is 4.74 Å². The van der Waals surface area contributed by atoms with E-state index in [4.69, 9.17) is 17.0 Å². The van der Waals surface area contributed by atoms with Crippen LogP contribution in [0.4, 0.5) is 5.69 Å². The largest absolute Gasteiger partial charge is 0.457 e. The number of benzene rings is 2. The van der Waals surface area contributed by atoms with Crippen molar-refractivity contribution in [3.63, 3.8) is 0 Å². The first-order valence-electron chi connectivity index (χ1n) is 7.14. The minimum absolute atomic E-state index is 0.651. The number of hydrogen-bond donors (Lipinski definition) is 2. The van der Waals surface area contributed by atoms with E-state index in [1.54, 1.807) is 0 Å². The smallest absolute Gasteiger partial charge is 0.170 e. The van der Waals surface area contributed by atoms with E-state index in [0.29, 0.717) is 5.11 Å². The van der Waals surface area contributed by atoms with Crippen LogP contribution in [-0.2, 0) is 0 Å². The molecule has 2 N–H and O–H groups in total. The van der Waals surface area contributed by atoms with Crippen molar-refractivity contribution >= 4 is 34.8 Å². The lowest BCUT2D eigenvalue weighted by Gasteiger charge is -2.11. The highest BCUT2D eigenvalue weighted by molar-refractivity contribution is 7.98. The van der Waals surface area contributed by atoms with Gasteiger partial charge < -0.3 is 15.4 Å². The maximum absolute atomic E-state index is 5.75. The Morgan fingerprint density at radius 3 is 2.41 bits per heavy atom. The lowest BCUT2D eigenvalue weighted by atomic mass is 10.3. The number of para-hydroxylation sites is 1. The normalized spacial score (nSPS) is 10.0. The number of nitrogens with one attached hydrogen (secondary N) is 2. The van der Waals surface area contributed by atoms with Crippen LogP contribution in [0.1, 0.15) is 6.42 Å². The average molecular weight is 332 g/mol. The summed E-state index contributed by atoms with van der Waals surface area (Å²) in [6, 6.07) is 17.5. The molecule has 0 spiro atoms. The highest BCUT2D eigenvalue weighted by Crippen LogP contribution is 2.22. The molecule has 0 atom stereocenters. The molecule has 0 heterocycles. The Hall–Kier alpha value is -1.72.